The fourth-order valence-electron chi connectivity index (χ4n) is 4.77. The first kappa shape index (κ1) is 17.0. The minimum absolute atomic E-state index is 0.638. The second kappa shape index (κ2) is 7.49. The summed E-state index contributed by atoms with van der Waals surface area (Å²) in [6, 6.07) is 11.3. The molecule has 1 aromatic carbocycles. The Bertz CT molecular complexity index is 782. The van der Waals surface area contributed by atoms with Crippen molar-refractivity contribution in [2.75, 3.05) is 32.8 Å². The van der Waals surface area contributed by atoms with E-state index < -0.39 is 0 Å². The van der Waals surface area contributed by atoms with Crippen LogP contribution in [0, 0.1) is 5.92 Å². The minimum atomic E-state index is 0.638. The molecule has 2 atom stereocenters. The van der Waals surface area contributed by atoms with E-state index in [2.05, 4.69) is 45.1 Å². The van der Waals surface area contributed by atoms with Crippen molar-refractivity contribution in [3.05, 3.63) is 53.9 Å². The van der Waals surface area contributed by atoms with Crippen molar-refractivity contribution >= 4 is 0 Å². The van der Waals surface area contributed by atoms with Crippen molar-refractivity contribution in [1.82, 2.24) is 14.8 Å². The lowest BCUT2D eigenvalue weighted by Gasteiger charge is -2.36. The third kappa shape index (κ3) is 3.80. The van der Waals surface area contributed by atoms with Crippen LogP contribution in [0.5, 0.6) is 11.5 Å². The molecule has 0 N–H and O–H groups in total. The molecule has 4 aliphatic rings. The molecular weight excluding hydrogens is 338 g/mol. The van der Waals surface area contributed by atoms with Gasteiger partial charge in [-0.15, -0.1) is 0 Å². The monoisotopic (exact) mass is 365 g/mol. The van der Waals surface area contributed by atoms with Crippen molar-refractivity contribution in [2.45, 2.75) is 32.0 Å². The molecule has 2 aromatic rings. The topological polar surface area (TPSA) is 37.8 Å². The summed E-state index contributed by atoms with van der Waals surface area (Å²) < 4.78 is 11.4. The van der Waals surface area contributed by atoms with Gasteiger partial charge in [0.2, 0.25) is 0 Å². The van der Waals surface area contributed by atoms with Gasteiger partial charge in [0, 0.05) is 51.2 Å². The number of rotatable bonds is 4. The van der Waals surface area contributed by atoms with Crippen molar-refractivity contribution in [2.24, 2.45) is 5.92 Å². The SMILES string of the molecule is c1cc(CN2C[C@H]3CC[C@@H](C2)N(Cc2ccc4c(c2)OCCO4)C3)ccn1. The Kier molecular flexibility index (Phi) is 4.72. The zero-order valence-corrected chi connectivity index (χ0v) is 15.7. The first-order valence-corrected chi connectivity index (χ1v) is 10.1. The highest BCUT2D eigenvalue weighted by atomic mass is 16.6. The third-order valence-corrected chi connectivity index (χ3v) is 6.05. The molecule has 6 rings (SSSR count). The molecule has 5 heterocycles. The Balaban J connectivity index is 1.28. The molecule has 1 aromatic heterocycles. The van der Waals surface area contributed by atoms with Crippen LogP contribution in [0.3, 0.4) is 0 Å². The average Bonchev–Trinajstić information content (AvgIpc) is 2.99. The largest absolute Gasteiger partial charge is 0.486 e. The standard InChI is InChI=1S/C22H27N3O2/c1-3-20-16-24(12-17-5-7-23-8-6-17)13-19(1)15-25(20)14-18-2-4-21-22(11-18)27-10-9-26-21/h2,4-8,11,19-20H,1,3,9-10,12-16H2/t19-,20+/m1/s1. The molecule has 0 spiro atoms. The first-order valence-electron chi connectivity index (χ1n) is 10.1. The molecule has 3 fully saturated rings. The predicted octanol–water partition coefficient (Wildman–Crippen LogP) is 2.95. The number of fused-ring (bicyclic) bond motifs is 5. The summed E-state index contributed by atoms with van der Waals surface area (Å²) >= 11 is 0. The van der Waals surface area contributed by atoms with Crippen LogP contribution >= 0.6 is 0 Å². The van der Waals surface area contributed by atoms with Gasteiger partial charge in [-0.1, -0.05) is 6.07 Å². The lowest BCUT2D eigenvalue weighted by molar-refractivity contribution is 0.122. The number of hydrogen-bond donors (Lipinski definition) is 0. The molecule has 4 aliphatic heterocycles. The molecule has 142 valence electrons. The number of pyridine rings is 1. The van der Waals surface area contributed by atoms with Crippen LogP contribution in [0.15, 0.2) is 42.7 Å². The molecule has 3 saturated heterocycles. The van der Waals surface area contributed by atoms with Gasteiger partial charge in [0.15, 0.2) is 11.5 Å². The highest BCUT2D eigenvalue weighted by Crippen LogP contribution is 2.33. The van der Waals surface area contributed by atoms with E-state index in [1.807, 2.05) is 12.4 Å². The quantitative estimate of drug-likeness (QED) is 0.833. The van der Waals surface area contributed by atoms with E-state index >= 15 is 0 Å². The average molecular weight is 365 g/mol. The fraction of sp³-hybridized carbons (Fsp3) is 0.500. The molecule has 27 heavy (non-hydrogen) atoms. The van der Waals surface area contributed by atoms with Crippen LogP contribution in [0.4, 0.5) is 0 Å². The Morgan fingerprint density at radius 2 is 1.70 bits per heavy atom. The van der Waals surface area contributed by atoms with Crippen LogP contribution in [-0.2, 0) is 13.1 Å². The van der Waals surface area contributed by atoms with E-state index in [0.717, 1.165) is 37.1 Å². The van der Waals surface area contributed by atoms with Crippen molar-refractivity contribution in [1.29, 1.82) is 0 Å². The third-order valence-electron chi connectivity index (χ3n) is 6.05. The van der Waals surface area contributed by atoms with E-state index in [9.17, 15) is 0 Å². The molecule has 0 unspecified atom stereocenters. The van der Waals surface area contributed by atoms with Gasteiger partial charge >= 0.3 is 0 Å². The molecule has 5 nitrogen and oxygen atoms in total. The second-order valence-electron chi connectivity index (χ2n) is 8.05. The van der Waals surface area contributed by atoms with Gasteiger partial charge in [-0.3, -0.25) is 14.8 Å². The van der Waals surface area contributed by atoms with Gasteiger partial charge < -0.3 is 9.47 Å². The summed E-state index contributed by atoms with van der Waals surface area (Å²) in [5.41, 5.74) is 2.69. The summed E-state index contributed by atoms with van der Waals surface area (Å²) in [4.78, 5) is 9.47. The van der Waals surface area contributed by atoms with E-state index in [1.54, 1.807) is 0 Å². The maximum atomic E-state index is 5.77. The van der Waals surface area contributed by atoms with Crippen molar-refractivity contribution in [3.63, 3.8) is 0 Å². The molecule has 0 saturated carbocycles. The van der Waals surface area contributed by atoms with E-state index in [-0.39, 0.29) is 0 Å². The summed E-state index contributed by atoms with van der Waals surface area (Å²) in [7, 11) is 0. The Labute approximate surface area is 160 Å². The number of hydrogen-bond acceptors (Lipinski definition) is 5. The van der Waals surface area contributed by atoms with E-state index in [1.165, 1.54) is 37.1 Å². The zero-order chi connectivity index (χ0) is 18.1. The highest BCUT2D eigenvalue weighted by molar-refractivity contribution is 5.43. The van der Waals surface area contributed by atoms with Gasteiger partial charge in [0.05, 0.1) is 0 Å². The maximum absolute atomic E-state index is 5.77. The Hall–Kier alpha value is -2.11. The predicted molar refractivity (Wildman–Crippen MR) is 104 cm³/mol. The summed E-state index contributed by atoms with van der Waals surface area (Å²) in [5, 5.41) is 0. The number of nitrogens with zero attached hydrogens (tertiary/aromatic N) is 3. The van der Waals surface area contributed by atoms with Gasteiger partial charge in [0.25, 0.3) is 0 Å². The fourth-order valence-corrected chi connectivity index (χ4v) is 4.77. The van der Waals surface area contributed by atoms with E-state index in [4.69, 9.17) is 9.47 Å². The van der Waals surface area contributed by atoms with Gasteiger partial charge in [-0.05, 0) is 54.2 Å². The maximum Gasteiger partial charge on any atom is 0.161 e. The smallest absolute Gasteiger partial charge is 0.161 e. The number of aromatic nitrogens is 1. The van der Waals surface area contributed by atoms with Crippen LogP contribution in [0.2, 0.25) is 0 Å². The van der Waals surface area contributed by atoms with Crippen molar-refractivity contribution < 1.29 is 9.47 Å². The number of benzene rings is 1. The normalized spacial score (nSPS) is 25.3. The van der Waals surface area contributed by atoms with E-state index in [0.29, 0.717) is 19.3 Å². The second-order valence-corrected chi connectivity index (χ2v) is 8.05. The van der Waals surface area contributed by atoms with Crippen LogP contribution < -0.4 is 9.47 Å². The van der Waals surface area contributed by atoms with Crippen LogP contribution in [0.1, 0.15) is 24.0 Å². The number of ether oxygens (including phenoxy) is 2. The molecule has 0 aliphatic carbocycles. The van der Waals surface area contributed by atoms with Crippen LogP contribution in [0.25, 0.3) is 0 Å². The molecular formula is C22H27N3O2. The first-order chi connectivity index (χ1) is 13.3. The summed E-state index contributed by atoms with van der Waals surface area (Å²) in [6.07, 6.45) is 6.46. The van der Waals surface area contributed by atoms with Gasteiger partial charge in [-0.2, -0.15) is 0 Å². The lowest BCUT2D eigenvalue weighted by Crippen LogP contribution is -2.43. The minimum Gasteiger partial charge on any atom is -0.486 e. The van der Waals surface area contributed by atoms with Gasteiger partial charge in [0.1, 0.15) is 13.2 Å². The highest BCUT2D eigenvalue weighted by Gasteiger charge is 2.34. The lowest BCUT2D eigenvalue weighted by atomic mass is 9.94. The zero-order valence-electron chi connectivity index (χ0n) is 15.7. The summed E-state index contributed by atoms with van der Waals surface area (Å²) in [6.45, 7) is 6.89. The molecule has 0 radical (unpaired) electrons. The molecule has 5 heteroatoms. The summed E-state index contributed by atoms with van der Waals surface area (Å²) in [5.74, 6) is 2.55. The van der Waals surface area contributed by atoms with Crippen LogP contribution in [-0.4, -0.2) is 53.7 Å². The Morgan fingerprint density at radius 1 is 0.852 bits per heavy atom. The Morgan fingerprint density at radius 3 is 2.59 bits per heavy atom. The molecule has 2 bridgehead atoms. The molecule has 0 amide bonds. The van der Waals surface area contributed by atoms with Gasteiger partial charge in [-0.25, -0.2) is 0 Å². The number of piperidine rings is 1. The van der Waals surface area contributed by atoms with Crippen molar-refractivity contribution in [3.8, 4) is 11.5 Å².